The Morgan fingerprint density at radius 2 is 1.19 bits per heavy atom. The molecule has 3 heterocycles. The van der Waals surface area contributed by atoms with Gasteiger partial charge in [0.15, 0.2) is 0 Å². The number of aromatic nitrogens is 1. The van der Waals surface area contributed by atoms with Crippen molar-refractivity contribution in [1.82, 2.24) is 4.57 Å². The van der Waals surface area contributed by atoms with E-state index < -0.39 is 0 Å². The fraction of sp³-hybridized carbons (Fsp3) is 0. The molecule has 0 unspecified atom stereocenters. The number of benzene rings is 6. The minimum absolute atomic E-state index is 0.317. The van der Waals surface area contributed by atoms with Gasteiger partial charge >= 0.3 is 5.63 Å². The molecular weight excluding hydrogens is 536 g/mol. The first-order valence-corrected chi connectivity index (χ1v) is 14.7. The molecule has 0 atom stereocenters. The van der Waals surface area contributed by atoms with E-state index in [2.05, 4.69) is 113 Å². The number of nitrogens with zero attached hydrogens (tertiary/aromatic N) is 2. The Morgan fingerprint density at radius 3 is 1.98 bits per heavy atom. The highest BCUT2D eigenvalue weighted by molar-refractivity contribution is 7.99. The SMILES string of the molecule is O=c1oc2ccc3c4ccccc4n(-c4cccc(N5c6ccccc6Sc6ccccc65)c4)c3c2c2ccccc12. The Morgan fingerprint density at radius 1 is 0.548 bits per heavy atom. The fourth-order valence-electron chi connectivity index (χ4n) is 6.44. The Kier molecular flexibility index (Phi) is 4.95. The summed E-state index contributed by atoms with van der Waals surface area (Å²) < 4.78 is 8.21. The van der Waals surface area contributed by atoms with Gasteiger partial charge in [-0.25, -0.2) is 4.79 Å². The maximum atomic E-state index is 12.9. The third-order valence-electron chi connectivity index (χ3n) is 8.20. The largest absolute Gasteiger partial charge is 0.422 e. The molecule has 0 spiro atoms. The third kappa shape index (κ3) is 3.28. The number of hydrogen-bond donors (Lipinski definition) is 0. The molecule has 0 saturated heterocycles. The zero-order chi connectivity index (χ0) is 27.8. The van der Waals surface area contributed by atoms with Gasteiger partial charge in [-0.2, -0.15) is 0 Å². The van der Waals surface area contributed by atoms with E-state index in [4.69, 9.17) is 4.42 Å². The summed E-state index contributed by atoms with van der Waals surface area (Å²) in [6.07, 6.45) is 0. The number of rotatable bonds is 2. The van der Waals surface area contributed by atoms with Crippen LogP contribution in [0.4, 0.5) is 17.1 Å². The normalized spacial score (nSPS) is 12.7. The molecule has 198 valence electrons. The van der Waals surface area contributed by atoms with Gasteiger partial charge in [0.1, 0.15) is 5.58 Å². The minimum atomic E-state index is -0.317. The van der Waals surface area contributed by atoms with E-state index in [9.17, 15) is 4.79 Å². The highest BCUT2D eigenvalue weighted by atomic mass is 32.2. The Labute approximate surface area is 245 Å². The lowest BCUT2D eigenvalue weighted by atomic mass is 10.0. The van der Waals surface area contributed by atoms with E-state index in [1.54, 1.807) is 0 Å². The molecule has 0 bridgehead atoms. The lowest BCUT2D eigenvalue weighted by Gasteiger charge is -2.33. The van der Waals surface area contributed by atoms with Crippen LogP contribution < -0.4 is 10.5 Å². The van der Waals surface area contributed by atoms with Crippen molar-refractivity contribution < 1.29 is 4.42 Å². The third-order valence-corrected chi connectivity index (χ3v) is 9.33. The standard InChI is InChI=1S/C37H22N2O2S/c40-37-28-14-2-1-13-26(28)35-32(41-37)21-20-27-25-12-3-4-15-29(25)39(36(27)35)24-11-9-10-23(22-24)38-30-16-5-7-18-33(30)42-34-19-8-6-17-31(34)38/h1-22H. The van der Waals surface area contributed by atoms with Crippen LogP contribution in [0.1, 0.15) is 0 Å². The molecule has 0 saturated carbocycles. The molecule has 5 heteroatoms. The summed E-state index contributed by atoms with van der Waals surface area (Å²) in [4.78, 5) is 17.7. The number of hydrogen-bond acceptors (Lipinski definition) is 4. The van der Waals surface area contributed by atoms with Crippen molar-refractivity contribution in [3.05, 3.63) is 144 Å². The average molecular weight is 559 g/mol. The summed E-state index contributed by atoms with van der Waals surface area (Å²) in [5, 5.41) is 4.69. The van der Waals surface area contributed by atoms with E-state index in [0.29, 0.717) is 11.0 Å². The monoisotopic (exact) mass is 558 g/mol. The van der Waals surface area contributed by atoms with E-state index in [1.165, 1.54) is 21.2 Å². The first-order valence-electron chi connectivity index (χ1n) is 13.9. The molecule has 0 fully saturated rings. The van der Waals surface area contributed by atoms with Gasteiger partial charge in [0.05, 0.1) is 33.2 Å². The maximum absolute atomic E-state index is 12.9. The molecule has 0 amide bonds. The summed E-state index contributed by atoms with van der Waals surface area (Å²) in [5.74, 6) is 0. The molecule has 8 aromatic rings. The summed E-state index contributed by atoms with van der Waals surface area (Å²) in [6, 6.07) is 46.1. The predicted molar refractivity (Wildman–Crippen MR) is 173 cm³/mol. The lowest BCUT2D eigenvalue weighted by Crippen LogP contribution is -2.15. The first-order chi connectivity index (χ1) is 20.8. The molecule has 1 aliphatic heterocycles. The molecule has 1 aliphatic rings. The van der Waals surface area contributed by atoms with E-state index >= 15 is 0 Å². The highest BCUT2D eigenvalue weighted by Crippen LogP contribution is 2.51. The Bertz CT molecular complexity index is 2390. The topological polar surface area (TPSA) is 38.4 Å². The quantitative estimate of drug-likeness (QED) is 0.156. The van der Waals surface area contributed by atoms with Crippen molar-refractivity contribution in [1.29, 1.82) is 0 Å². The summed E-state index contributed by atoms with van der Waals surface area (Å²) in [5.41, 5.74) is 6.84. The van der Waals surface area contributed by atoms with Crippen LogP contribution in [-0.2, 0) is 0 Å². The van der Waals surface area contributed by atoms with Gasteiger partial charge in [-0.15, -0.1) is 0 Å². The molecular formula is C37H22N2O2S. The van der Waals surface area contributed by atoms with Crippen LogP contribution in [0.25, 0.3) is 49.2 Å². The molecule has 6 aromatic carbocycles. The maximum Gasteiger partial charge on any atom is 0.344 e. The number of fused-ring (bicyclic) bond motifs is 9. The number of para-hydroxylation sites is 3. The molecule has 0 aliphatic carbocycles. The highest BCUT2D eigenvalue weighted by Gasteiger charge is 2.25. The second-order valence-corrected chi connectivity index (χ2v) is 11.6. The van der Waals surface area contributed by atoms with Gasteiger partial charge in [-0.3, -0.25) is 0 Å². The fourth-order valence-corrected chi connectivity index (χ4v) is 7.50. The minimum Gasteiger partial charge on any atom is -0.422 e. The van der Waals surface area contributed by atoms with Crippen LogP contribution in [0.3, 0.4) is 0 Å². The number of anilines is 3. The van der Waals surface area contributed by atoms with Gasteiger partial charge in [0.2, 0.25) is 0 Å². The molecule has 4 nitrogen and oxygen atoms in total. The lowest BCUT2D eigenvalue weighted by molar-refractivity contribution is 0.570. The van der Waals surface area contributed by atoms with Gasteiger partial charge in [0.25, 0.3) is 0 Å². The summed E-state index contributed by atoms with van der Waals surface area (Å²) in [6.45, 7) is 0. The van der Waals surface area contributed by atoms with E-state index in [1.807, 2.05) is 42.1 Å². The van der Waals surface area contributed by atoms with Crippen molar-refractivity contribution in [3.63, 3.8) is 0 Å². The second-order valence-electron chi connectivity index (χ2n) is 10.5. The van der Waals surface area contributed by atoms with Crippen molar-refractivity contribution >= 4 is 72.4 Å². The molecule has 0 radical (unpaired) electrons. The second kappa shape index (κ2) is 8.87. The Hall–Kier alpha value is -5.26. The van der Waals surface area contributed by atoms with Crippen LogP contribution >= 0.6 is 11.8 Å². The Balaban J connectivity index is 1.38. The molecule has 9 rings (SSSR count). The van der Waals surface area contributed by atoms with Crippen molar-refractivity contribution in [2.24, 2.45) is 0 Å². The molecule has 0 N–H and O–H groups in total. The van der Waals surface area contributed by atoms with Crippen LogP contribution in [0.15, 0.2) is 152 Å². The van der Waals surface area contributed by atoms with Crippen LogP contribution in [0.5, 0.6) is 0 Å². The van der Waals surface area contributed by atoms with Crippen molar-refractivity contribution in [3.8, 4) is 5.69 Å². The molecule has 2 aromatic heterocycles. The summed E-state index contributed by atoms with van der Waals surface area (Å²) in [7, 11) is 0. The van der Waals surface area contributed by atoms with Crippen LogP contribution in [0.2, 0.25) is 0 Å². The van der Waals surface area contributed by atoms with E-state index in [-0.39, 0.29) is 5.63 Å². The predicted octanol–water partition coefficient (Wildman–Crippen LogP) is 9.98. The van der Waals surface area contributed by atoms with Gasteiger partial charge in [0, 0.05) is 37.3 Å². The van der Waals surface area contributed by atoms with Gasteiger partial charge in [-0.1, -0.05) is 78.5 Å². The van der Waals surface area contributed by atoms with Crippen molar-refractivity contribution in [2.45, 2.75) is 9.79 Å². The summed E-state index contributed by atoms with van der Waals surface area (Å²) >= 11 is 1.81. The zero-order valence-corrected chi connectivity index (χ0v) is 23.1. The molecule has 42 heavy (non-hydrogen) atoms. The van der Waals surface area contributed by atoms with Crippen LogP contribution in [-0.4, -0.2) is 4.57 Å². The smallest absolute Gasteiger partial charge is 0.344 e. The van der Waals surface area contributed by atoms with E-state index in [0.717, 1.165) is 44.0 Å². The van der Waals surface area contributed by atoms with Crippen molar-refractivity contribution in [2.75, 3.05) is 4.90 Å². The zero-order valence-electron chi connectivity index (χ0n) is 22.3. The van der Waals surface area contributed by atoms with Crippen LogP contribution in [0, 0.1) is 0 Å². The average Bonchev–Trinajstić information content (AvgIpc) is 3.38. The van der Waals surface area contributed by atoms with Gasteiger partial charge in [-0.05, 0) is 66.7 Å². The first kappa shape index (κ1) is 23.4. The van der Waals surface area contributed by atoms with Gasteiger partial charge < -0.3 is 13.9 Å².